The van der Waals surface area contributed by atoms with Gasteiger partial charge < -0.3 is 31.3 Å². The average molecular weight is 195 g/mol. The highest BCUT2D eigenvalue weighted by Crippen LogP contribution is 2.12. The van der Waals surface area contributed by atoms with Crippen LogP contribution in [0.25, 0.3) is 0 Å². The molecule has 0 aliphatic rings. The van der Waals surface area contributed by atoms with Gasteiger partial charge in [-0.05, 0) is 6.42 Å². The molecule has 0 aliphatic heterocycles. The van der Waals surface area contributed by atoms with E-state index in [2.05, 4.69) is 0 Å². The molecule has 0 spiro atoms. The Labute approximate surface area is 76.2 Å². The van der Waals surface area contributed by atoms with E-state index in [1.807, 2.05) is 0 Å². The zero-order chi connectivity index (χ0) is 10.5. The van der Waals surface area contributed by atoms with E-state index >= 15 is 0 Å². The standard InChI is InChI=1S/C7H17NO5/c8-7(3-10,4-11)6(13)5(12)1-2-9/h5-6,9-13H,1-4,8H2. The molecule has 0 aromatic heterocycles. The molecule has 0 rings (SSSR count). The summed E-state index contributed by atoms with van der Waals surface area (Å²) < 4.78 is 0. The maximum absolute atomic E-state index is 9.36. The van der Waals surface area contributed by atoms with E-state index in [4.69, 9.17) is 21.1 Å². The lowest BCUT2D eigenvalue weighted by atomic mass is 9.90. The van der Waals surface area contributed by atoms with Crippen LogP contribution in [-0.2, 0) is 0 Å². The first kappa shape index (κ1) is 12.8. The number of nitrogens with two attached hydrogens (primary N) is 1. The van der Waals surface area contributed by atoms with E-state index in [1.165, 1.54) is 0 Å². The predicted molar refractivity (Wildman–Crippen MR) is 44.8 cm³/mol. The summed E-state index contributed by atoms with van der Waals surface area (Å²) >= 11 is 0. The van der Waals surface area contributed by atoms with Crippen LogP contribution in [-0.4, -0.2) is 63.1 Å². The smallest absolute Gasteiger partial charge is 0.102 e. The zero-order valence-electron chi connectivity index (χ0n) is 7.30. The average Bonchev–Trinajstić information content (AvgIpc) is 2.16. The molecule has 0 radical (unpaired) electrons. The molecule has 7 N–H and O–H groups in total. The van der Waals surface area contributed by atoms with E-state index in [-0.39, 0.29) is 13.0 Å². The van der Waals surface area contributed by atoms with Gasteiger partial charge in [-0.3, -0.25) is 0 Å². The minimum atomic E-state index is -1.63. The van der Waals surface area contributed by atoms with Crippen molar-refractivity contribution in [1.82, 2.24) is 0 Å². The van der Waals surface area contributed by atoms with E-state index in [9.17, 15) is 10.2 Å². The normalized spacial score (nSPS) is 17.1. The molecule has 0 aliphatic carbocycles. The highest BCUT2D eigenvalue weighted by atomic mass is 16.3. The number of rotatable bonds is 6. The molecule has 0 saturated carbocycles. The van der Waals surface area contributed by atoms with Crippen LogP contribution < -0.4 is 5.73 Å². The largest absolute Gasteiger partial charge is 0.396 e. The van der Waals surface area contributed by atoms with Gasteiger partial charge in [0.05, 0.1) is 24.9 Å². The molecular weight excluding hydrogens is 178 g/mol. The van der Waals surface area contributed by atoms with Gasteiger partial charge in [0.2, 0.25) is 0 Å². The lowest BCUT2D eigenvalue weighted by Crippen LogP contribution is -2.61. The second-order valence-electron chi connectivity index (χ2n) is 3.07. The molecule has 6 nitrogen and oxygen atoms in total. The molecule has 2 atom stereocenters. The lowest BCUT2D eigenvalue weighted by Gasteiger charge is -2.33. The summed E-state index contributed by atoms with van der Waals surface area (Å²) in [4.78, 5) is 0. The van der Waals surface area contributed by atoms with Crippen LogP contribution in [0.1, 0.15) is 6.42 Å². The number of hydrogen-bond donors (Lipinski definition) is 6. The first-order valence-electron chi connectivity index (χ1n) is 3.99. The summed E-state index contributed by atoms with van der Waals surface area (Å²) in [5, 5.41) is 44.5. The Bertz CT molecular complexity index is 139. The molecular formula is C7H17NO5. The van der Waals surface area contributed by atoms with Crippen molar-refractivity contribution in [2.24, 2.45) is 5.73 Å². The fourth-order valence-electron chi connectivity index (χ4n) is 0.910. The molecule has 0 bridgehead atoms. The third-order valence-corrected chi connectivity index (χ3v) is 1.97. The van der Waals surface area contributed by atoms with Gasteiger partial charge >= 0.3 is 0 Å². The van der Waals surface area contributed by atoms with Gasteiger partial charge in [-0.1, -0.05) is 0 Å². The summed E-state index contributed by atoms with van der Waals surface area (Å²) in [6.45, 7) is -1.59. The Kier molecular flexibility index (Phi) is 5.38. The van der Waals surface area contributed by atoms with E-state index < -0.39 is 31.0 Å². The molecule has 0 fully saturated rings. The van der Waals surface area contributed by atoms with Crippen LogP contribution in [0.3, 0.4) is 0 Å². The monoisotopic (exact) mass is 195 g/mol. The molecule has 0 amide bonds. The minimum absolute atomic E-state index is 0.0554. The molecule has 13 heavy (non-hydrogen) atoms. The van der Waals surface area contributed by atoms with E-state index in [0.717, 1.165) is 0 Å². The van der Waals surface area contributed by atoms with Crippen LogP contribution in [0.15, 0.2) is 0 Å². The summed E-state index contributed by atoms with van der Waals surface area (Å²) in [5.41, 5.74) is 3.75. The SMILES string of the molecule is NC(CO)(CO)C(O)C(O)CCO. The van der Waals surface area contributed by atoms with Crippen LogP contribution in [0.4, 0.5) is 0 Å². The van der Waals surface area contributed by atoms with Crippen LogP contribution in [0.2, 0.25) is 0 Å². The van der Waals surface area contributed by atoms with Gasteiger partial charge in [0.15, 0.2) is 0 Å². The van der Waals surface area contributed by atoms with Crippen molar-refractivity contribution in [3.05, 3.63) is 0 Å². The van der Waals surface area contributed by atoms with Crippen LogP contribution in [0, 0.1) is 0 Å². The van der Waals surface area contributed by atoms with Crippen LogP contribution in [0.5, 0.6) is 0 Å². The second-order valence-corrected chi connectivity index (χ2v) is 3.07. The molecule has 80 valence electrons. The summed E-state index contributed by atoms with van der Waals surface area (Å²) in [6, 6.07) is 0. The third-order valence-electron chi connectivity index (χ3n) is 1.97. The van der Waals surface area contributed by atoms with Crippen molar-refractivity contribution >= 4 is 0 Å². The Morgan fingerprint density at radius 2 is 1.54 bits per heavy atom. The summed E-state index contributed by atoms with van der Waals surface area (Å²) in [7, 11) is 0. The zero-order valence-corrected chi connectivity index (χ0v) is 7.30. The highest BCUT2D eigenvalue weighted by Gasteiger charge is 2.37. The van der Waals surface area contributed by atoms with Gasteiger partial charge in [-0.2, -0.15) is 0 Å². The van der Waals surface area contributed by atoms with Crippen molar-refractivity contribution < 1.29 is 25.5 Å². The minimum Gasteiger partial charge on any atom is -0.396 e. The molecule has 6 heteroatoms. The van der Waals surface area contributed by atoms with Crippen LogP contribution >= 0.6 is 0 Å². The molecule has 0 saturated heterocycles. The molecule has 0 aromatic carbocycles. The fourth-order valence-corrected chi connectivity index (χ4v) is 0.910. The van der Waals surface area contributed by atoms with Gasteiger partial charge in [0.1, 0.15) is 6.10 Å². The van der Waals surface area contributed by atoms with Gasteiger partial charge in [-0.15, -0.1) is 0 Å². The van der Waals surface area contributed by atoms with Crippen molar-refractivity contribution in [3.63, 3.8) is 0 Å². The molecule has 0 heterocycles. The molecule has 2 unspecified atom stereocenters. The second kappa shape index (κ2) is 5.48. The Morgan fingerprint density at radius 3 is 1.85 bits per heavy atom. The Balaban J connectivity index is 4.27. The maximum Gasteiger partial charge on any atom is 0.102 e. The summed E-state index contributed by atoms with van der Waals surface area (Å²) in [5.74, 6) is 0. The van der Waals surface area contributed by atoms with Crippen molar-refractivity contribution in [2.75, 3.05) is 19.8 Å². The summed E-state index contributed by atoms with van der Waals surface area (Å²) in [6.07, 6.45) is -2.77. The topological polar surface area (TPSA) is 127 Å². The maximum atomic E-state index is 9.36. The quantitative estimate of drug-likeness (QED) is 0.264. The highest BCUT2D eigenvalue weighted by molar-refractivity contribution is 4.94. The Morgan fingerprint density at radius 1 is 1.08 bits per heavy atom. The first-order valence-corrected chi connectivity index (χ1v) is 3.99. The third kappa shape index (κ3) is 3.18. The fraction of sp³-hybridized carbons (Fsp3) is 1.00. The molecule has 0 aromatic rings. The predicted octanol–water partition coefficient (Wildman–Crippen LogP) is -3.23. The van der Waals surface area contributed by atoms with Crippen molar-refractivity contribution in [3.8, 4) is 0 Å². The number of aliphatic hydroxyl groups excluding tert-OH is 5. The van der Waals surface area contributed by atoms with Crippen molar-refractivity contribution in [2.45, 2.75) is 24.2 Å². The number of hydrogen-bond acceptors (Lipinski definition) is 6. The number of aliphatic hydroxyl groups is 5. The van der Waals surface area contributed by atoms with E-state index in [1.54, 1.807) is 0 Å². The van der Waals surface area contributed by atoms with Gasteiger partial charge in [0.25, 0.3) is 0 Å². The van der Waals surface area contributed by atoms with E-state index in [0.29, 0.717) is 0 Å². The van der Waals surface area contributed by atoms with Gasteiger partial charge in [0, 0.05) is 6.61 Å². The van der Waals surface area contributed by atoms with Crippen molar-refractivity contribution in [1.29, 1.82) is 0 Å². The van der Waals surface area contributed by atoms with Gasteiger partial charge in [-0.25, -0.2) is 0 Å². The lowest BCUT2D eigenvalue weighted by molar-refractivity contribution is -0.0692. The first-order chi connectivity index (χ1) is 6.01. The Hall–Kier alpha value is -0.240.